The number of halogens is 1. The lowest BCUT2D eigenvalue weighted by Gasteiger charge is -2.48. The maximum atomic E-state index is 11.9. The molecule has 0 aromatic heterocycles. The molecular weight excluding hydrogens is 446 g/mol. The number of aliphatic carboxylic acids is 1. The van der Waals surface area contributed by atoms with Gasteiger partial charge in [0.2, 0.25) is 5.91 Å². The van der Waals surface area contributed by atoms with Crippen LogP contribution in [-0.2, 0) is 33.3 Å². The molecule has 180 valence electrons. The van der Waals surface area contributed by atoms with E-state index in [4.69, 9.17) is 35.5 Å². The Balaban J connectivity index is 2.35. The summed E-state index contributed by atoms with van der Waals surface area (Å²) in [5.74, 6) is -2.14. The number of amides is 1. The van der Waals surface area contributed by atoms with Gasteiger partial charge in [-0.1, -0.05) is 0 Å². The SMILES string of the molecule is CCOC1C(C(=O)O)OC(OC2C(O)C(CO)OC(OC)C2N(Cl)C(C)=O)C(O)C1O. The smallest absolute Gasteiger partial charge is 0.335 e. The number of aliphatic hydroxyl groups excluding tert-OH is 4. The molecule has 2 rings (SSSR count). The molecule has 0 radical (unpaired) electrons. The fourth-order valence-corrected chi connectivity index (χ4v) is 3.74. The molecule has 2 heterocycles. The summed E-state index contributed by atoms with van der Waals surface area (Å²) in [6.07, 6.45) is -13.9. The first-order chi connectivity index (χ1) is 14.6. The molecule has 2 aliphatic heterocycles. The highest BCUT2D eigenvalue weighted by atomic mass is 35.5. The number of rotatable bonds is 8. The van der Waals surface area contributed by atoms with E-state index in [2.05, 4.69) is 0 Å². The van der Waals surface area contributed by atoms with Crippen LogP contribution in [0.5, 0.6) is 0 Å². The average molecular weight is 474 g/mol. The number of hydrogen-bond acceptors (Lipinski definition) is 11. The van der Waals surface area contributed by atoms with Crippen LogP contribution in [0.1, 0.15) is 13.8 Å². The fraction of sp³-hybridized carbons (Fsp3) is 0.882. The van der Waals surface area contributed by atoms with Crippen LogP contribution in [0.2, 0.25) is 0 Å². The quantitative estimate of drug-likeness (QED) is 0.232. The van der Waals surface area contributed by atoms with Crippen molar-refractivity contribution in [3.05, 3.63) is 0 Å². The number of methoxy groups -OCH3 is 1. The summed E-state index contributed by atoms with van der Waals surface area (Å²) < 4.78 is 27.4. The topological polar surface area (TPSA) is 185 Å². The summed E-state index contributed by atoms with van der Waals surface area (Å²) in [5, 5.41) is 50.4. The molecule has 0 aromatic carbocycles. The van der Waals surface area contributed by atoms with Gasteiger partial charge in [0.25, 0.3) is 0 Å². The van der Waals surface area contributed by atoms with Gasteiger partial charge in [0.05, 0.1) is 6.61 Å². The first-order valence-corrected chi connectivity index (χ1v) is 9.86. The number of carbonyl (C=O) groups is 2. The van der Waals surface area contributed by atoms with Gasteiger partial charge in [-0.3, -0.25) is 4.79 Å². The lowest BCUT2D eigenvalue weighted by atomic mass is 9.95. The highest BCUT2D eigenvalue weighted by Crippen LogP contribution is 2.33. The maximum Gasteiger partial charge on any atom is 0.335 e. The molecule has 31 heavy (non-hydrogen) atoms. The third-order valence-corrected chi connectivity index (χ3v) is 5.52. The number of carbonyl (C=O) groups excluding carboxylic acids is 1. The van der Waals surface area contributed by atoms with Crippen molar-refractivity contribution in [3.63, 3.8) is 0 Å². The zero-order chi connectivity index (χ0) is 23.5. The van der Waals surface area contributed by atoms with E-state index in [1.54, 1.807) is 6.92 Å². The largest absolute Gasteiger partial charge is 0.479 e. The Hall–Kier alpha value is -1.13. The number of hydrogen-bond donors (Lipinski definition) is 5. The Kier molecular flexibility index (Phi) is 9.39. The van der Waals surface area contributed by atoms with Crippen LogP contribution < -0.4 is 0 Å². The third kappa shape index (κ3) is 5.45. The van der Waals surface area contributed by atoms with E-state index in [0.717, 1.165) is 6.92 Å². The first-order valence-electron chi connectivity index (χ1n) is 9.53. The summed E-state index contributed by atoms with van der Waals surface area (Å²) in [6.45, 7) is 2.09. The van der Waals surface area contributed by atoms with Crippen LogP contribution >= 0.6 is 11.8 Å². The molecule has 14 heteroatoms. The van der Waals surface area contributed by atoms with Crippen LogP contribution in [0, 0.1) is 0 Å². The molecule has 10 unspecified atom stereocenters. The number of nitrogens with zero attached hydrogens (tertiary/aromatic N) is 1. The zero-order valence-corrected chi connectivity index (χ0v) is 17.9. The Labute approximate surface area is 183 Å². The van der Waals surface area contributed by atoms with Gasteiger partial charge in [-0.15, -0.1) is 0 Å². The standard InChI is InChI=1S/C17H28ClNO12/c1-4-28-13-10(23)11(24)17(31-14(13)15(25)26)30-12-8(19(18)6(2)21)16(27-3)29-7(5-20)9(12)22/h7-14,16-17,20,22-24H,4-5H2,1-3H3,(H,25,26). The minimum atomic E-state index is -1.78. The Morgan fingerprint density at radius 1 is 1.06 bits per heavy atom. The Morgan fingerprint density at radius 2 is 1.71 bits per heavy atom. The van der Waals surface area contributed by atoms with Gasteiger partial charge >= 0.3 is 5.97 Å². The molecule has 0 bridgehead atoms. The second kappa shape index (κ2) is 11.1. The van der Waals surface area contributed by atoms with Crippen molar-refractivity contribution in [2.75, 3.05) is 20.3 Å². The molecule has 10 atom stereocenters. The normalized spacial score (nSPS) is 41.0. The Morgan fingerprint density at radius 3 is 2.19 bits per heavy atom. The van der Waals surface area contributed by atoms with Crippen molar-refractivity contribution < 1.29 is 58.8 Å². The molecule has 0 aromatic rings. The summed E-state index contributed by atoms with van der Waals surface area (Å²) in [6, 6.07) is -1.29. The molecule has 2 aliphatic rings. The number of ether oxygens (including phenoxy) is 5. The van der Waals surface area contributed by atoms with Crippen molar-refractivity contribution in [2.45, 2.75) is 75.2 Å². The second-order valence-corrected chi connectivity index (χ2v) is 7.40. The van der Waals surface area contributed by atoms with E-state index in [9.17, 15) is 35.1 Å². The summed E-state index contributed by atoms with van der Waals surface area (Å²) in [7, 11) is 1.23. The molecular formula is C17H28ClNO12. The number of aliphatic hydroxyl groups is 4. The first kappa shape index (κ1) is 26.1. The second-order valence-electron chi connectivity index (χ2n) is 7.04. The lowest BCUT2D eigenvalue weighted by Crippen LogP contribution is -2.67. The van der Waals surface area contributed by atoms with Crippen LogP contribution in [0.4, 0.5) is 0 Å². The van der Waals surface area contributed by atoms with Crippen molar-refractivity contribution in [1.82, 2.24) is 4.42 Å². The van der Waals surface area contributed by atoms with Crippen molar-refractivity contribution in [2.24, 2.45) is 0 Å². The van der Waals surface area contributed by atoms with E-state index in [1.165, 1.54) is 7.11 Å². The lowest BCUT2D eigenvalue weighted by molar-refractivity contribution is -0.344. The minimum absolute atomic E-state index is 0.0430. The molecule has 0 saturated carbocycles. The zero-order valence-electron chi connectivity index (χ0n) is 17.1. The monoisotopic (exact) mass is 473 g/mol. The summed E-state index contributed by atoms with van der Waals surface area (Å²) in [4.78, 5) is 23.5. The molecule has 1 amide bonds. The van der Waals surface area contributed by atoms with Gasteiger partial charge in [-0.25, -0.2) is 9.21 Å². The van der Waals surface area contributed by atoms with Crippen molar-refractivity contribution in [3.8, 4) is 0 Å². The summed E-state index contributed by atoms with van der Waals surface area (Å²) >= 11 is 6.05. The van der Waals surface area contributed by atoms with E-state index in [0.29, 0.717) is 4.42 Å². The predicted octanol–water partition coefficient (Wildman–Crippen LogP) is -2.60. The number of carboxylic acid groups (broad SMARTS) is 1. The number of carboxylic acids is 1. The van der Waals surface area contributed by atoms with Crippen molar-refractivity contribution >= 4 is 23.7 Å². The molecule has 13 nitrogen and oxygen atoms in total. The Bertz CT molecular complexity index is 626. The molecule has 0 spiro atoms. The third-order valence-electron chi connectivity index (χ3n) is 5.05. The van der Waals surface area contributed by atoms with Gasteiger partial charge in [0, 0.05) is 32.4 Å². The highest BCUT2D eigenvalue weighted by molar-refractivity contribution is 6.21. The molecule has 5 N–H and O–H groups in total. The predicted molar refractivity (Wildman–Crippen MR) is 99.5 cm³/mol. The van der Waals surface area contributed by atoms with Crippen molar-refractivity contribution in [1.29, 1.82) is 0 Å². The van der Waals surface area contributed by atoms with Gasteiger partial charge in [-0.2, -0.15) is 0 Å². The van der Waals surface area contributed by atoms with Crippen LogP contribution in [0.15, 0.2) is 0 Å². The van der Waals surface area contributed by atoms with Crippen LogP contribution in [0.25, 0.3) is 0 Å². The van der Waals surface area contributed by atoms with Gasteiger partial charge in [-0.05, 0) is 6.92 Å². The van der Waals surface area contributed by atoms with Crippen LogP contribution in [0.3, 0.4) is 0 Å². The van der Waals surface area contributed by atoms with E-state index >= 15 is 0 Å². The molecule has 2 saturated heterocycles. The van der Waals surface area contributed by atoms with Gasteiger partial charge < -0.3 is 49.2 Å². The maximum absolute atomic E-state index is 11.9. The van der Waals surface area contributed by atoms with Gasteiger partial charge in [0.1, 0.15) is 42.7 Å². The highest BCUT2D eigenvalue weighted by Gasteiger charge is 2.54. The van der Waals surface area contributed by atoms with E-state index < -0.39 is 79.8 Å². The minimum Gasteiger partial charge on any atom is -0.479 e. The van der Waals surface area contributed by atoms with Gasteiger partial charge in [0.15, 0.2) is 18.7 Å². The van der Waals surface area contributed by atoms with E-state index in [-0.39, 0.29) is 6.61 Å². The average Bonchev–Trinajstić information content (AvgIpc) is 2.73. The summed E-state index contributed by atoms with van der Waals surface area (Å²) in [5.41, 5.74) is 0. The molecule has 0 aliphatic carbocycles. The van der Waals surface area contributed by atoms with Crippen LogP contribution in [-0.4, -0.2) is 124 Å². The fourth-order valence-electron chi connectivity index (χ4n) is 3.54. The van der Waals surface area contributed by atoms with E-state index in [1.807, 2.05) is 0 Å². The molecule has 2 fully saturated rings.